The van der Waals surface area contributed by atoms with Gasteiger partial charge in [-0.3, -0.25) is 19.8 Å². The smallest absolute Gasteiger partial charge is 0.270 e. The van der Waals surface area contributed by atoms with Gasteiger partial charge < -0.3 is 9.84 Å². The standard InChI is InChI=1S/C19H13Cl3N2O4S/c1-2-28-14-8-9(7-12(21)16(14)25)6-10-17(26)23-19(29)24(18(10)27)13-5-3-4-11(20)15(13)22/h3-8,25H,2H2,1H3,(H,23,26,29)/b10-6+. The molecule has 0 saturated carbocycles. The summed E-state index contributed by atoms with van der Waals surface area (Å²) in [6.45, 7) is 2.03. The minimum Gasteiger partial charge on any atom is -0.503 e. The number of carbonyl (C=O) groups excluding carboxylic acids is 2. The van der Waals surface area contributed by atoms with E-state index in [1.165, 1.54) is 18.2 Å². The molecule has 3 rings (SSSR count). The Balaban J connectivity index is 2.08. The highest BCUT2D eigenvalue weighted by atomic mass is 35.5. The Hall–Kier alpha value is -2.32. The van der Waals surface area contributed by atoms with Crippen molar-refractivity contribution in [2.45, 2.75) is 6.92 Å². The van der Waals surface area contributed by atoms with Crippen LogP contribution in [0.1, 0.15) is 12.5 Å². The van der Waals surface area contributed by atoms with E-state index in [2.05, 4.69) is 5.32 Å². The van der Waals surface area contributed by atoms with Crippen LogP contribution in [0, 0.1) is 0 Å². The van der Waals surface area contributed by atoms with Gasteiger partial charge in [-0.2, -0.15) is 0 Å². The van der Waals surface area contributed by atoms with Crippen molar-refractivity contribution >= 4 is 75.7 Å². The van der Waals surface area contributed by atoms with E-state index in [0.717, 1.165) is 4.90 Å². The minimum absolute atomic E-state index is 0.0109. The fourth-order valence-corrected chi connectivity index (χ4v) is 3.52. The number of benzene rings is 2. The zero-order valence-corrected chi connectivity index (χ0v) is 17.9. The van der Waals surface area contributed by atoms with E-state index >= 15 is 0 Å². The third-order valence-electron chi connectivity index (χ3n) is 3.94. The van der Waals surface area contributed by atoms with E-state index in [1.54, 1.807) is 25.1 Å². The predicted octanol–water partition coefficient (Wildman–Crippen LogP) is 4.58. The Bertz CT molecular complexity index is 1070. The molecule has 0 aromatic heterocycles. The van der Waals surface area contributed by atoms with Gasteiger partial charge in [-0.15, -0.1) is 0 Å². The van der Waals surface area contributed by atoms with Gasteiger partial charge in [0.1, 0.15) is 5.57 Å². The number of thiocarbonyl (C=S) groups is 1. The summed E-state index contributed by atoms with van der Waals surface area (Å²) in [5, 5.41) is 12.7. The van der Waals surface area contributed by atoms with Gasteiger partial charge in [0.2, 0.25) is 0 Å². The normalized spacial score (nSPS) is 15.7. The molecule has 1 saturated heterocycles. The maximum atomic E-state index is 13.1. The van der Waals surface area contributed by atoms with Crippen LogP contribution in [-0.2, 0) is 9.59 Å². The fourth-order valence-electron chi connectivity index (χ4n) is 2.65. The Morgan fingerprint density at radius 3 is 2.62 bits per heavy atom. The summed E-state index contributed by atoms with van der Waals surface area (Å²) >= 11 is 23.4. The summed E-state index contributed by atoms with van der Waals surface area (Å²) in [5.74, 6) is -1.48. The van der Waals surface area contributed by atoms with Crippen LogP contribution in [0.25, 0.3) is 6.08 Å². The molecule has 1 fully saturated rings. The Morgan fingerprint density at radius 2 is 1.93 bits per heavy atom. The molecule has 29 heavy (non-hydrogen) atoms. The first kappa shape index (κ1) is 21.4. The van der Waals surface area contributed by atoms with Gasteiger partial charge in [-0.1, -0.05) is 40.9 Å². The minimum atomic E-state index is -0.690. The van der Waals surface area contributed by atoms with Crippen molar-refractivity contribution in [1.82, 2.24) is 5.32 Å². The first-order valence-corrected chi connectivity index (χ1v) is 9.79. The molecule has 2 aromatic carbocycles. The van der Waals surface area contributed by atoms with Crippen molar-refractivity contribution in [1.29, 1.82) is 0 Å². The topological polar surface area (TPSA) is 78.9 Å². The largest absolute Gasteiger partial charge is 0.503 e. The Morgan fingerprint density at radius 1 is 1.21 bits per heavy atom. The number of hydrogen-bond acceptors (Lipinski definition) is 5. The van der Waals surface area contributed by atoms with E-state index < -0.39 is 11.8 Å². The molecule has 1 heterocycles. The number of nitrogens with one attached hydrogen (secondary N) is 1. The van der Waals surface area contributed by atoms with Crippen molar-refractivity contribution in [2.75, 3.05) is 11.5 Å². The molecular weight excluding hydrogens is 459 g/mol. The predicted molar refractivity (Wildman–Crippen MR) is 117 cm³/mol. The lowest BCUT2D eigenvalue weighted by atomic mass is 10.1. The maximum absolute atomic E-state index is 13.1. The number of aromatic hydroxyl groups is 1. The van der Waals surface area contributed by atoms with Crippen LogP contribution >= 0.6 is 47.0 Å². The molecule has 6 nitrogen and oxygen atoms in total. The van der Waals surface area contributed by atoms with Crippen LogP contribution in [0.2, 0.25) is 15.1 Å². The number of anilines is 1. The molecule has 0 radical (unpaired) electrons. The van der Waals surface area contributed by atoms with Gasteiger partial charge in [-0.25, -0.2) is 0 Å². The van der Waals surface area contributed by atoms with E-state index in [0.29, 0.717) is 12.2 Å². The van der Waals surface area contributed by atoms with E-state index in [4.69, 9.17) is 51.8 Å². The molecule has 0 aliphatic carbocycles. The molecule has 0 bridgehead atoms. The molecule has 10 heteroatoms. The van der Waals surface area contributed by atoms with Crippen molar-refractivity contribution in [3.63, 3.8) is 0 Å². The van der Waals surface area contributed by atoms with Crippen molar-refractivity contribution in [3.05, 3.63) is 56.5 Å². The number of ether oxygens (including phenoxy) is 1. The quantitative estimate of drug-likeness (QED) is 0.388. The monoisotopic (exact) mass is 470 g/mol. The number of hydrogen-bond donors (Lipinski definition) is 2. The molecule has 1 aliphatic heterocycles. The number of carbonyl (C=O) groups is 2. The van der Waals surface area contributed by atoms with Crippen LogP contribution in [0.3, 0.4) is 0 Å². The van der Waals surface area contributed by atoms with E-state index in [-0.39, 0.29) is 42.9 Å². The van der Waals surface area contributed by atoms with Crippen molar-refractivity contribution in [3.8, 4) is 11.5 Å². The van der Waals surface area contributed by atoms with Crippen LogP contribution in [0.4, 0.5) is 5.69 Å². The van der Waals surface area contributed by atoms with Gasteiger partial charge in [-0.05, 0) is 55.0 Å². The second-order valence-corrected chi connectivity index (χ2v) is 7.39. The fraction of sp³-hybridized carbons (Fsp3) is 0.105. The average Bonchev–Trinajstić information content (AvgIpc) is 2.66. The van der Waals surface area contributed by atoms with Crippen molar-refractivity contribution in [2.24, 2.45) is 0 Å². The summed E-state index contributed by atoms with van der Waals surface area (Å²) in [5.41, 5.74) is 0.400. The number of nitrogens with zero attached hydrogens (tertiary/aromatic N) is 1. The molecular formula is C19H13Cl3N2O4S. The van der Waals surface area contributed by atoms with E-state index in [1.807, 2.05) is 0 Å². The first-order chi connectivity index (χ1) is 13.7. The molecule has 150 valence electrons. The van der Waals surface area contributed by atoms with Gasteiger partial charge >= 0.3 is 0 Å². The molecule has 1 aliphatic rings. The third kappa shape index (κ3) is 4.18. The second kappa shape index (κ2) is 8.59. The summed E-state index contributed by atoms with van der Waals surface area (Å²) in [7, 11) is 0. The van der Waals surface area contributed by atoms with Crippen LogP contribution in [0.5, 0.6) is 11.5 Å². The van der Waals surface area contributed by atoms with Gasteiger partial charge in [0, 0.05) is 0 Å². The Kier molecular flexibility index (Phi) is 6.33. The van der Waals surface area contributed by atoms with Gasteiger partial charge in [0.15, 0.2) is 16.6 Å². The maximum Gasteiger partial charge on any atom is 0.270 e. The zero-order chi connectivity index (χ0) is 21.3. The van der Waals surface area contributed by atoms with Crippen molar-refractivity contribution < 1.29 is 19.4 Å². The SMILES string of the molecule is CCOc1cc(/C=C2\C(=O)NC(=S)N(c3cccc(Cl)c3Cl)C2=O)cc(Cl)c1O. The lowest BCUT2D eigenvalue weighted by Gasteiger charge is -2.29. The van der Waals surface area contributed by atoms with Crippen LogP contribution in [-0.4, -0.2) is 28.6 Å². The number of phenolic OH excluding ortho intramolecular Hbond substituents is 1. The molecule has 2 N–H and O–H groups in total. The van der Waals surface area contributed by atoms with Gasteiger partial charge in [0.25, 0.3) is 11.8 Å². The van der Waals surface area contributed by atoms with Crippen LogP contribution < -0.4 is 15.0 Å². The first-order valence-electron chi connectivity index (χ1n) is 8.25. The summed E-state index contributed by atoms with van der Waals surface area (Å²) in [6, 6.07) is 7.58. The lowest BCUT2D eigenvalue weighted by molar-refractivity contribution is -0.122. The highest BCUT2D eigenvalue weighted by molar-refractivity contribution is 7.80. The number of rotatable bonds is 4. The third-order valence-corrected chi connectivity index (χ3v) is 5.32. The number of halogens is 3. The number of phenols is 1. The summed E-state index contributed by atoms with van der Waals surface area (Å²) in [6.07, 6.45) is 1.32. The Labute approximate surface area is 186 Å². The molecule has 0 spiro atoms. The second-order valence-electron chi connectivity index (χ2n) is 5.81. The highest BCUT2D eigenvalue weighted by Gasteiger charge is 2.35. The molecule has 0 atom stereocenters. The molecule has 2 aromatic rings. The lowest BCUT2D eigenvalue weighted by Crippen LogP contribution is -2.54. The average molecular weight is 472 g/mol. The molecule has 0 unspecified atom stereocenters. The van der Waals surface area contributed by atoms with Crippen LogP contribution in [0.15, 0.2) is 35.9 Å². The summed E-state index contributed by atoms with van der Waals surface area (Å²) < 4.78 is 5.32. The summed E-state index contributed by atoms with van der Waals surface area (Å²) in [4.78, 5) is 26.6. The van der Waals surface area contributed by atoms with Gasteiger partial charge in [0.05, 0.1) is 27.4 Å². The van der Waals surface area contributed by atoms with E-state index in [9.17, 15) is 14.7 Å². The molecule has 2 amide bonds. The number of amides is 2. The highest BCUT2D eigenvalue weighted by Crippen LogP contribution is 2.37. The zero-order valence-electron chi connectivity index (χ0n) is 14.8.